The van der Waals surface area contributed by atoms with Gasteiger partial charge in [-0.25, -0.2) is 4.98 Å². The van der Waals surface area contributed by atoms with Crippen LogP contribution >= 0.6 is 0 Å². The summed E-state index contributed by atoms with van der Waals surface area (Å²) in [6.07, 6.45) is 10.1. The molecule has 7 nitrogen and oxygen atoms in total. The standard InChI is InChI=1S/C23H34N6O/c1-18-13-25-22(26-18)17-27(2)23(30)20-6-4-10-29(16-20)21-7-11-28(12-8-21)15-19-5-3-9-24-14-19/h3,5,9,13-14,20-21H,4,6-8,10-12,15-17H2,1-2H3,(H,25,26)/t20-/m1/s1. The lowest BCUT2D eigenvalue weighted by molar-refractivity contribution is -0.137. The van der Waals surface area contributed by atoms with E-state index in [0.29, 0.717) is 12.6 Å². The molecule has 2 aliphatic rings. The minimum Gasteiger partial charge on any atom is -0.345 e. The number of hydrogen-bond acceptors (Lipinski definition) is 5. The van der Waals surface area contributed by atoms with Crippen molar-refractivity contribution in [1.82, 2.24) is 29.7 Å². The molecule has 1 atom stereocenters. The summed E-state index contributed by atoms with van der Waals surface area (Å²) >= 11 is 0. The van der Waals surface area contributed by atoms with E-state index in [1.54, 1.807) is 0 Å². The van der Waals surface area contributed by atoms with Gasteiger partial charge in [-0.2, -0.15) is 0 Å². The van der Waals surface area contributed by atoms with Gasteiger partial charge in [0.2, 0.25) is 5.91 Å². The highest BCUT2D eigenvalue weighted by Gasteiger charge is 2.33. The molecule has 4 rings (SSSR count). The fraction of sp³-hybridized carbons (Fsp3) is 0.609. The second-order valence-corrected chi connectivity index (χ2v) is 8.91. The molecule has 2 fully saturated rings. The van der Waals surface area contributed by atoms with E-state index in [2.05, 4.69) is 30.8 Å². The SMILES string of the molecule is Cc1cnc(CN(C)C(=O)[C@@H]2CCCN(C3CCN(Cc4cccnc4)CC3)C2)[nH]1. The first kappa shape index (κ1) is 21.0. The number of rotatable bonds is 6. The number of aromatic amines is 1. The minimum atomic E-state index is 0.105. The Kier molecular flexibility index (Phi) is 6.79. The summed E-state index contributed by atoms with van der Waals surface area (Å²) in [6.45, 7) is 7.78. The van der Waals surface area contributed by atoms with Crippen LogP contribution in [0.15, 0.2) is 30.7 Å². The van der Waals surface area contributed by atoms with Gasteiger partial charge in [0.25, 0.3) is 0 Å². The summed E-state index contributed by atoms with van der Waals surface area (Å²) in [4.78, 5) is 31.8. The van der Waals surface area contributed by atoms with Crippen molar-refractivity contribution in [2.45, 2.75) is 51.7 Å². The fourth-order valence-electron chi connectivity index (χ4n) is 4.89. The van der Waals surface area contributed by atoms with E-state index in [9.17, 15) is 4.79 Å². The Morgan fingerprint density at radius 3 is 2.77 bits per heavy atom. The third kappa shape index (κ3) is 5.26. The largest absolute Gasteiger partial charge is 0.345 e. The van der Waals surface area contributed by atoms with Gasteiger partial charge in [-0.05, 0) is 63.9 Å². The highest BCUT2D eigenvalue weighted by Crippen LogP contribution is 2.25. The van der Waals surface area contributed by atoms with Crippen molar-refractivity contribution in [3.05, 3.63) is 47.8 Å². The molecular weight excluding hydrogens is 376 g/mol. The van der Waals surface area contributed by atoms with Gasteiger partial charge in [-0.3, -0.25) is 19.6 Å². The maximum Gasteiger partial charge on any atom is 0.227 e. The molecule has 0 unspecified atom stereocenters. The van der Waals surface area contributed by atoms with Crippen LogP contribution in [0.5, 0.6) is 0 Å². The van der Waals surface area contributed by atoms with Crippen LogP contribution in [0.1, 0.15) is 42.8 Å². The summed E-state index contributed by atoms with van der Waals surface area (Å²) in [5, 5.41) is 0. The first-order chi connectivity index (χ1) is 14.6. The van der Waals surface area contributed by atoms with Crippen molar-refractivity contribution in [3.8, 4) is 0 Å². The number of piperidine rings is 2. The zero-order valence-corrected chi connectivity index (χ0v) is 18.3. The molecule has 2 aliphatic heterocycles. The van der Waals surface area contributed by atoms with E-state index in [1.165, 1.54) is 18.4 Å². The van der Waals surface area contributed by atoms with E-state index < -0.39 is 0 Å². The fourth-order valence-corrected chi connectivity index (χ4v) is 4.89. The van der Waals surface area contributed by atoms with Gasteiger partial charge in [0.05, 0.1) is 12.5 Å². The number of aryl methyl sites for hydroxylation is 1. The summed E-state index contributed by atoms with van der Waals surface area (Å²) < 4.78 is 0. The molecule has 4 heterocycles. The minimum absolute atomic E-state index is 0.105. The van der Waals surface area contributed by atoms with E-state index in [4.69, 9.17) is 0 Å². The molecule has 2 aromatic heterocycles. The van der Waals surface area contributed by atoms with Crippen LogP contribution in [-0.4, -0.2) is 74.8 Å². The molecule has 2 saturated heterocycles. The normalized spacial score (nSPS) is 21.6. The molecule has 7 heteroatoms. The van der Waals surface area contributed by atoms with Crippen molar-refractivity contribution < 1.29 is 4.79 Å². The van der Waals surface area contributed by atoms with Crippen molar-refractivity contribution in [2.75, 3.05) is 33.2 Å². The average molecular weight is 411 g/mol. The van der Waals surface area contributed by atoms with Crippen LogP contribution in [0.25, 0.3) is 0 Å². The van der Waals surface area contributed by atoms with E-state index in [1.807, 2.05) is 43.5 Å². The van der Waals surface area contributed by atoms with Crippen molar-refractivity contribution in [2.24, 2.45) is 5.92 Å². The number of likely N-dealkylation sites (tertiary alicyclic amines) is 2. The lowest BCUT2D eigenvalue weighted by atomic mass is 9.93. The van der Waals surface area contributed by atoms with Crippen molar-refractivity contribution in [3.63, 3.8) is 0 Å². The molecule has 0 radical (unpaired) electrons. The van der Waals surface area contributed by atoms with Crippen LogP contribution < -0.4 is 0 Å². The highest BCUT2D eigenvalue weighted by molar-refractivity contribution is 5.78. The topological polar surface area (TPSA) is 68.4 Å². The highest BCUT2D eigenvalue weighted by atomic mass is 16.2. The van der Waals surface area contributed by atoms with Gasteiger partial charge in [0.1, 0.15) is 5.82 Å². The second kappa shape index (κ2) is 9.71. The Bertz CT molecular complexity index is 814. The van der Waals surface area contributed by atoms with Gasteiger partial charge in [-0.15, -0.1) is 0 Å². The zero-order chi connectivity index (χ0) is 20.9. The molecule has 0 saturated carbocycles. The third-order valence-corrected chi connectivity index (χ3v) is 6.52. The summed E-state index contributed by atoms with van der Waals surface area (Å²) in [6, 6.07) is 4.76. The Labute approximate surface area is 179 Å². The average Bonchev–Trinajstić information content (AvgIpc) is 3.19. The molecule has 0 aliphatic carbocycles. The van der Waals surface area contributed by atoms with E-state index >= 15 is 0 Å². The quantitative estimate of drug-likeness (QED) is 0.792. The lowest BCUT2D eigenvalue weighted by Gasteiger charge is -2.42. The molecule has 162 valence electrons. The summed E-state index contributed by atoms with van der Waals surface area (Å²) in [7, 11) is 1.90. The monoisotopic (exact) mass is 410 g/mol. The Hall–Kier alpha value is -2.25. The van der Waals surface area contributed by atoms with Gasteiger partial charge >= 0.3 is 0 Å². The molecule has 2 aromatic rings. The van der Waals surface area contributed by atoms with Gasteiger partial charge in [0.15, 0.2) is 0 Å². The molecule has 0 spiro atoms. The van der Waals surface area contributed by atoms with E-state index in [-0.39, 0.29) is 11.8 Å². The molecule has 1 N–H and O–H groups in total. The van der Waals surface area contributed by atoms with Crippen LogP contribution in [0.2, 0.25) is 0 Å². The zero-order valence-electron chi connectivity index (χ0n) is 18.3. The Morgan fingerprint density at radius 2 is 2.07 bits per heavy atom. The number of imidazole rings is 1. The molecule has 1 amide bonds. The number of aromatic nitrogens is 3. The Balaban J connectivity index is 1.26. The number of carbonyl (C=O) groups excluding carboxylic acids is 1. The molecule has 30 heavy (non-hydrogen) atoms. The first-order valence-corrected chi connectivity index (χ1v) is 11.2. The maximum absolute atomic E-state index is 13.0. The summed E-state index contributed by atoms with van der Waals surface area (Å²) in [5.74, 6) is 1.22. The smallest absolute Gasteiger partial charge is 0.227 e. The maximum atomic E-state index is 13.0. The van der Waals surface area contributed by atoms with Crippen LogP contribution in [0, 0.1) is 12.8 Å². The van der Waals surface area contributed by atoms with Gasteiger partial charge < -0.3 is 9.88 Å². The number of nitrogens with one attached hydrogen (secondary N) is 1. The molecule has 0 bridgehead atoms. The third-order valence-electron chi connectivity index (χ3n) is 6.52. The van der Waals surface area contributed by atoms with Gasteiger partial charge in [-0.1, -0.05) is 6.07 Å². The van der Waals surface area contributed by atoms with E-state index in [0.717, 1.165) is 57.1 Å². The van der Waals surface area contributed by atoms with Crippen LogP contribution in [0.4, 0.5) is 0 Å². The van der Waals surface area contributed by atoms with Crippen LogP contribution in [0.3, 0.4) is 0 Å². The number of hydrogen-bond donors (Lipinski definition) is 1. The number of nitrogens with zero attached hydrogens (tertiary/aromatic N) is 5. The number of amides is 1. The lowest BCUT2D eigenvalue weighted by Crippen LogP contribution is -2.50. The summed E-state index contributed by atoms with van der Waals surface area (Å²) in [5.41, 5.74) is 2.32. The van der Waals surface area contributed by atoms with Crippen LogP contribution in [-0.2, 0) is 17.9 Å². The number of carbonyl (C=O) groups is 1. The molecular formula is C23H34N6O. The Morgan fingerprint density at radius 1 is 1.23 bits per heavy atom. The van der Waals surface area contributed by atoms with Crippen molar-refractivity contribution in [1.29, 1.82) is 0 Å². The molecule has 0 aromatic carbocycles. The second-order valence-electron chi connectivity index (χ2n) is 8.91. The number of H-pyrrole nitrogens is 1. The van der Waals surface area contributed by atoms with Gasteiger partial charge in [0, 0.05) is 50.5 Å². The predicted octanol–water partition coefficient (Wildman–Crippen LogP) is 2.45. The van der Waals surface area contributed by atoms with Crippen molar-refractivity contribution >= 4 is 5.91 Å². The number of pyridine rings is 1. The predicted molar refractivity (Wildman–Crippen MR) is 117 cm³/mol. The first-order valence-electron chi connectivity index (χ1n) is 11.2.